The lowest BCUT2D eigenvalue weighted by molar-refractivity contribution is 0.0585. The second-order valence-electron chi connectivity index (χ2n) is 4.78. The van der Waals surface area contributed by atoms with Crippen molar-refractivity contribution in [2.45, 2.75) is 30.7 Å². The summed E-state index contributed by atoms with van der Waals surface area (Å²) in [7, 11) is -3.80. The average Bonchev–Trinajstić information content (AvgIpc) is 2.89. The zero-order chi connectivity index (χ0) is 14.8. The highest BCUT2D eigenvalue weighted by molar-refractivity contribution is 7.89. The van der Waals surface area contributed by atoms with Crippen molar-refractivity contribution in [3.05, 3.63) is 16.3 Å². The number of carboxylic acids is 1. The molecule has 0 radical (unpaired) electrons. The maximum Gasteiger partial charge on any atom is 0.347 e. The number of hydrogen-bond acceptors (Lipinski definition) is 5. The Kier molecular flexibility index (Phi) is 4.79. The highest BCUT2D eigenvalue weighted by atomic mass is 32.2. The first-order valence-electron chi connectivity index (χ1n) is 6.32. The van der Waals surface area contributed by atoms with Crippen molar-refractivity contribution >= 4 is 27.3 Å². The molecule has 20 heavy (non-hydrogen) atoms. The monoisotopic (exact) mass is 319 g/mol. The van der Waals surface area contributed by atoms with Gasteiger partial charge < -0.3 is 9.84 Å². The Labute approximate surface area is 121 Å². The predicted molar refractivity (Wildman–Crippen MR) is 74.6 cm³/mol. The molecule has 0 saturated carbocycles. The molecule has 1 atom stereocenters. The molecule has 0 spiro atoms. The minimum Gasteiger partial charge on any atom is -0.477 e. The molecule has 2 rings (SSSR count). The van der Waals surface area contributed by atoms with Gasteiger partial charge in [-0.05, 0) is 37.1 Å². The zero-order valence-electron chi connectivity index (χ0n) is 11.0. The Balaban J connectivity index is 2.14. The van der Waals surface area contributed by atoms with Gasteiger partial charge in [0.05, 0.1) is 0 Å². The van der Waals surface area contributed by atoms with E-state index in [2.05, 4.69) is 4.72 Å². The molecular formula is C12H17NO5S2. The second-order valence-corrected chi connectivity index (χ2v) is 7.38. The van der Waals surface area contributed by atoms with Gasteiger partial charge in [-0.3, -0.25) is 0 Å². The number of aromatic carboxylic acids is 1. The van der Waals surface area contributed by atoms with Gasteiger partial charge in [-0.15, -0.1) is 11.3 Å². The number of ether oxygens (including phenoxy) is 1. The number of hydrogen-bond donors (Lipinski definition) is 2. The SMILES string of the molecule is CC(NS(=O)(=O)c1ccsc1C(=O)O)C1CCOCC1. The van der Waals surface area contributed by atoms with E-state index in [1.54, 1.807) is 6.92 Å². The quantitative estimate of drug-likeness (QED) is 0.859. The van der Waals surface area contributed by atoms with Gasteiger partial charge in [0.1, 0.15) is 9.77 Å². The lowest BCUT2D eigenvalue weighted by atomic mass is 9.94. The zero-order valence-corrected chi connectivity index (χ0v) is 12.7. The van der Waals surface area contributed by atoms with E-state index in [0.29, 0.717) is 13.2 Å². The Morgan fingerprint density at radius 2 is 2.15 bits per heavy atom. The Hall–Kier alpha value is -0.960. The largest absolute Gasteiger partial charge is 0.477 e. The van der Waals surface area contributed by atoms with Crippen molar-refractivity contribution in [3.8, 4) is 0 Å². The van der Waals surface area contributed by atoms with Crippen molar-refractivity contribution in [1.29, 1.82) is 0 Å². The van der Waals surface area contributed by atoms with Gasteiger partial charge in [0.25, 0.3) is 0 Å². The van der Waals surface area contributed by atoms with Crippen LogP contribution in [-0.4, -0.2) is 38.7 Å². The summed E-state index contributed by atoms with van der Waals surface area (Å²) in [5.74, 6) is -1.01. The summed E-state index contributed by atoms with van der Waals surface area (Å²) < 4.78 is 32.4. The van der Waals surface area contributed by atoms with Crippen molar-refractivity contribution in [2.24, 2.45) is 5.92 Å². The number of carbonyl (C=O) groups is 1. The van der Waals surface area contributed by atoms with Crippen molar-refractivity contribution in [3.63, 3.8) is 0 Å². The van der Waals surface area contributed by atoms with Crippen molar-refractivity contribution in [2.75, 3.05) is 13.2 Å². The van der Waals surface area contributed by atoms with Crippen LogP contribution in [0.4, 0.5) is 0 Å². The predicted octanol–water partition coefficient (Wildman–Crippen LogP) is 1.54. The number of thiophene rings is 1. The molecule has 2 heterocycles. The Bertz CT molecular complexity index is 574. The molecule has 8 heteroatoms. The molecule has 1 aromatic heterocycles. The topological polar surface area (TPSA) is 92.7 Å². The molecule has 0 aliphatic carbocycles. The molecule has 0 aromatic carbocycles. The number of sulfonamides is 1. The van der Waals surface area contributed by atoms with Gasteiger partial charge in [0.15, 0.2) is 0 Å². The summed E-state index contributed by atoms with van der Waals surface area (Å²) in [6, 6.07) is 1.08. The number of carboxylic acid groups (broad SMARTS) is 1. The third-order valence-corrected chi connectivity index (χ3v) is 6.06. The minimum absolute atomic E-state index is 0.156. The first-order valence-corrected chi connectivity index (χ1v) is 8.69. The normalized spacial score (nSPS) is 18.9. The molecule has 1 aliphatic heterocycles. The number of nitrogens with one attached hydrogen (secondary N) is 1. The summed E-state index contributed by atoms with van der Waals surface area (Å²) in [6.07, 6.45) is 1.61. The first-order chi connectivity index (χ1) is 9.42. The van der Waals surface area contributed by atoms with Crippen LogP contribution in [0, 0.1) is 5.92 Å². The van der Waals surface area contributed by atoms with Crippen LogP contribution in [0.5, 0.6) is 0 Å². The molecule has 2 N–H and O–H groups in total. The molecule has 0 bridgehead atoms. The molecule has 1 saturated heterocycles. The summed E-state index contributed by atoms with van der Waals surface area (Å²) in [6.45, 7) is 3.07. The van der Waals surface area contributed by atoms with E-state index in [1.165, 1.54) is 11.4 Å². The van der Waals surface area contributed by atoms with Crippen LogP contribution in [-0.2, 0) is 14.8 Å². The molecule has 0 amide bonds. The fourth-order valence-corrected chi connectivity index (χ4v) is 4.86. The molecule has 1 aliphatic rings. The van der Waals surface area contributed by atoms with Gasteiger partial charge >= 0.3 is 5.97 Å². The van der Waals surface area contributed by atoms with Crippen LogP contribution in [0.15, 0.2) is 16.3 Å². The van der Waals surface area contributed by atoms with Gasteiger partial charge in [0, 0.05) is 19.3 Å². The van der Waals surface area contributed by atoms with E-state index in [9.17, 15) is 13.2 Å². The van der Waals surface area contributed by atoms with Crippen LogP contribution >= 0.6 is 11.3 Å². The van der Waals surface area contributed by atoms with Gasteiger partial charge in [0.2, 0.25) is 10.0 Å². The van der Waals surface area contributed by atoms with Crippen LogP contribution in [0.3, 0.4) is 0 Å². The summed E-state index contributed by atoms with van der Waals surface area (Å²) in [5.41, 5.74) is 0. The first kappa shape index (κ1) is 15.4. The van der Waals surface area contributed by atoms with Crippen LogP contribution < -0.4 is 4.72 Å². The standard InChI is InChI=1S/C12H17NO5S2/c1-8(9-2-5-18-6-3-9)13-20(16,17)10-4-7-19-11(10)12(14)15/h4,7-9,13H,2-3,5-6H2,1H3,(H,14,15). The fraction of sp³-hybridized carbons (Fsp3) is 0.583. The average molecular weight is 319 g/mol. The van der Waals surface area contributed by atoms with Gasteiger partial charge in [-0.2, -0.15) is 0 Å². The van der Waals surface area contributed by atoms with Crippen molar-refractivity contribution < 1.29 is 23.1 Å². The highest BCUT2D eigenvalue weighted by Gasteiger charge is 2.28. The van der Waals surface area contributed by atoms with E-state index in [0.717, 1.165) is 24.2 Å². The lowest BCUT2D eigenvalue weighted by Gasteiger charge is -2.28. The minimum atomic E-state index is -3.80. The summed E-state index contributed by atoms with van der Waals surface area (Å²) >= 11 is 0.908. The van der Waals surface area contributed by atoms with E-state index >= 15 is 0 Å². The van der Waals surface area contributed by atoms with Gasteiger partial charge in [-0.1, -0.05) is 0 Å². The molecule has 1 aromatic rings. The summed E-state index contributed by atoms with van der Waals surface area (Å²) in [5, 5.41) is 10.5. The Morgan fingerprint density at radius 1 is 1.50 bits per heavy atom. The third-order valence-electron chi connectivity index (χ3n) is 3.43. The maximum absolute atomic E-state index is 12.3. The third kappa shape index (κ3) is 3.38. The second kappa shape index (κ2) is 6.21. The molecular weight excluding hydrogens is 302 g/mol. The Morgan fingerprint density at radius 3 is 2.75 bits per heavy atom. The van der Waals surface area contributed by atoms with E-state index in [1.807, 2.05) is 0 Å². The van der Waals surface area contributed by atoms with Gasteiger partial charge in [-0.25, -0.2) is 17.9 Å². The van der Waals surface area contributed by atoms with E-state index < -0.39 is 16.0 Å². The van der Waals surface area contributed by atoms with E-state index in [-0.39, 0.29) is 21.7 Å². The molecule has 1 unspecified atom stereocenters. The maximum atomic E-state index is 12.3. The number of rotatable bonds is 5. The van der Waals surface area contributed by atoms with Crippen LogP contribution in [0.25, 0.3) is 0 Å². The molecule has 6 nitrogen and oxygen atoms in total. The molecule has 1 fully saturated rings. The lowest BCUT2D eigenvalue weighted by Crippen LogP contribution is -2.40. The van der Waals surface area contributed by atoms with Crippen LogP contribution in [0.1, 0.15) is 29.4 Å². The van der Waals surface area contributed by atoms with E-state index in [4.69, 9.17) is 9.84 Å². The van der Waals surface area contributed by atoms with Crippen LogP contribution in [0.2, 0.25) is 0 Å². The fourth-order valence-electron chi connectivity index (χ4n) is 2.29. The van der Waals surface area contributed by atoms with Crippen molar-refractivity contribution in [1.82, 2.24) is 4.72 Å². The molecule has 112 valence electrons. The highest BCUT2D eigenvalue weighted by Crippen LogP contribution is 2.24. The smallest absolute Gasteiger partial charge is 0.347 e. The summed E-state index contributed by atoms with van der Waals surface area (Å²) in [4.78, 5) is 10.7.